The van der Waals surface area contributed by atoms with Gasteiger partial charge in [-0.05, 0) is 18.2 Å². The van der Waals surface area contributed by atoms with E-state index < -0.39 is 21.6 Å². The van der Waals surface area contributed by atoms with Crippen LogP contribution in [0.4, 0.5) is 10.2 Å². The summed E-state index contributed by atoms with van der Waals surface area (Å²) in [6.07, 6.45) is 2.88. The Morgan fingerprint density at radius 2 is 2.00 bits per heavy atom. The van der Waals surface area contributed by atoms with Gasteiger partial charge in [0.25, 0.3) is 0 Å². The Labute approximate surface area is 188 Å². The summed E-state index contributed by atoms with van der Waals surface area (Å²) in [5, 5.41) is 8.41. The Morgan fingerprint density at radius 3 is 2.73 bits per heavy atom. The standard InChI is InChI=1S/C21H19FN6O4S/c1-2-15(29)13-33(30,31)27-20-7-9-23-21(24-20)18-11-19(17-8-10-32-26-17)28(25-18)12-14-5-3-4-6-16(14)22/h3-11H,2,12-13H2,1H3,(H,23,24,27). The monoisotopic (exact) mass is 470 g/mol. The number of rotatable bonds is 9. The van der Waals surface area contributed by atoms with Crippen LogP contribution < -0.4 is 4.72 Å². The Kier molecular flexibility index (Phi) is 6.27. The zero-order valence-electron chi connectivity index (χ0n) is 17.5. The summed E-state index contributed by atoms with van der Waals surface area (Å²) in [6, 6.07) is 11.0. The van der Waals surface area contributed by atoms with Gasteiger partial charge in [0.05, 0.1) is 12.2 Å². The van der Waals surface area contributed by atoms with E-state index in [9.17, 15) is 17.6 Å². The highest BCUT2D eigenvalue weighted by atomic mass is 32.2. The van der Waals surface area contributed by atoms with Crippen LogP contribution in [0.3, 0.4) is 0 Å². The maximum absolute atomic E-state index is 14.2. The fraction of sp³-hybridized carbons (Fsp3) is 0.190. The van der Waals surface area contributed by atoms with E-state index in [1.54, 1.807) is 37.3 Å². The molecule has 0 bridgehead atoms. The number of benzene rings is 1. The second-order valence-electron chi connectivity index (χ2n) is 7.07. The molecule has 0 saturated carbocycles. The SMILES string of the molecule is CCC(=O)CS(=O)(=O)Nc1ccnc(-c2cc(-c3ccon3)n(Cc3ccccc3F)n2)n1. The first-order chi connectivity index (χ1) is 15.8. The average Bonchev–Trinajstić information content (AvgIpc) is 3.45. The summed E-state index contributed by atoms with van der Waals surface area (Å²) in [7, 11) is -3.91. The van der Waals surface area contributed by atoms with Crippen LogP contribution in [0.1, 0.15) is 18.9 Å². The molecule has 12 heteroatoms. The lowest BCUT2D eigenvalue weighted by atomic mass is 10.2. The molecule has 1 N–H and O–H groups in total. The molecule has 33 heavy (non-hydrogen) atoms. The van der Waals surface area contributed by atoms with E-state index >= 15 is 0 Å². The minimum Gasteiger partial charge on any atom is -0.364 e. The van der Waals surface area contributed by atoms with E-state index in [0.29, 0.717) is 22.6 Å². The van der Waals surface area contributed by atoms with Crippen LogP contribution in [0.2, 0.25) is 0 Å². The largest absolute Gasteiger partial charge is 0.364 e. The molecular weight excluding hydrogens is 451 g/mol. The van der Waals surface area contributed by atoms with Crippen molar-refractivity contribution in [1.29, 1.82) is 0 Å². The molecule has 1 aromatic carbocycles. The van der Waals surface area contributed by atoms with Crippen LogP contribution in [0, 0.1) is 5.82 Å². The maximum Gasteiger partial charge on any atom is 0.241 e. The first kappa shape index (κ1) is 22.3. The zero-order valence-corrected chi connectivity index (χ0v) is 18.3. The topological polar surface area (TPSA) is 133 Å². The first-order valence-electron chi connectivity index (χ1n) is 9.92. The maximum atomic E-state index is 14.2. The summed E-state index contributed by atoms with van der Waals surface area (Å²) in [5.41, 5.74) is 1.74. The molecule has 0 radical (unpaired) electrons. The summed E-state index contributed by atoms with van der Waals surface area (Å²) in [4.78, 5) is 19.9. The summed E-state index contributed by atoms with van der Waals surface area (Å²) >= 11 is 0. The molecule has 4 aromatic rings. The van der Waals surface area contributed by atoms with E-state index in [1.165, 1.54) is 29.3 Å². The Morgan fingerprint density at radius 1 is 1.18 bits per heavy atom. The van der Waals surface area contributed by atoms with Crippen molar-refractivity contribution in [2.24, 2.45) is 0 Å². The number of ketones is 1. The third-order valence-electron chi connectivity index (χ3n) is 4.65. The second-order valence-corrected chi connectivity index (χ2v) is 8.79. The van der Waals surface area contributed by atoms with Gasteiger partial charge in [0.15, 0.2) is 5.82 Å². The van der Waals surface area contributed by atoms with Crippen LogP contribution in [0.5, 0.6) is 0 Å². The summed E-state index contributed by atoms with van der Waals surface area (Å²) in [5.74, 6) is -1.31. The average molecular weight is 470 g/mol. The number of carbonyl (C=O) groups is 1. The van der Waals surface area contributed by atoms with Crippen LogP contribution in [-0.2, 0) is 21.4 Å². The van der Waals surface area contributed by atoms with E-state index in [0.717, 1.165) is 0 Å². The molecule has 0 aliphatic heterocycles. The lowest BCUT2D eigenvalue weighted by Crippen LogP contribution is -2.23. The molecule has 3 heterocycles. The van der Waals surface area contributed by atoms with Crippen molar-refractivity contribution < 1.29 is 22.1 Å². The van der Waals surface area contributed by atoms with Crippen molar-refractivity contribution in [3.63, 3.8) is 0 Å². The van der Waals surface area contributed by atoms with Gasteiger partial charge in [-0.1, -0.05) is 30.3 Å². The molecule has 3 aromatic heterocycles. The number of halogens is 1. The number of nitrogens with one attached hydrogen (secondary N) is 1. The highest BCUT2D eigenvalue weighted by molar-refractivity contribution is 7.93. The molecule has 0 amide bonds. The van der Waals surface area contributed by atoms with Crippen LogP contribution in [0.25, 0.3) is 22.9 Å². The minimum atomic E-state index is -3.91. The van der Waals surface area contributed by atoms with Crippen molar-refractivity contribution in [2.45, 2.75) is 19.9 Å². The summed E-state index contributed by atoms with van der Waals surface area (Å²) < 4.78 is 47.4. The van der Waals surface area contributed by atoms with Gasteiger partial charge in [0.1, 0.15) is 40.8 Å². The van der Waals surface area contributed by atoms with Gasteiger partial charge in [-0.15, -0.1) is 0 Å². The molecule has 0 aliphatic rings. The van der Waals surface area contributed by atoms with Crippen LogP contribution in [-0.4, -0.2) is 44.9 Å². The number of Topliss-reactive ketones (excluding diaryl/α,β-unsaturated/α-hetero) is 1. The van der Waals surface area contributed by atoms with Crippen molar-refractivity contribution in [1.82, 2.24) is 24.9 Å². The normalized spacial score (nSPS) is 11.5. The van der Waals surface area contributed by atoms with Crippen LogP contribution >= 0.6 is 0 Å². The molecule has 170 valence electrons. The van der Waals surface area contributed by atoms with Crippen molar-refractivity contribution in [2.75, 3.05) is 10.5 Å². The number of sulfonamides is 1. The van der Waals surface area contributed by atoms with Gasteiger partial charge in [-0.25, -0.2) is 22.8 Å². The van der Waals surface area contributed by atoms with Crippen molar-refractivity contribution in [3.05, 3.63) is 66.3 Å². The van der Waals surface area contributed by atoms with Gasteiger partial charge in [0, 0.05) is 24.2 Å². The number of aromatic nitrogens is 5. The Bertz CT molecular complexity index is 1390. The predicted molar refractivity (Wildman–Crippen MR) is 117 cm³/mol. The molecule has 0 aliphatic carbocycles. The highest BCUT2D eigenvalue weighted by Gasteiger charge is 2.19. The van der Waals surface area contributed by atoms with Crippen molar-refractivity contribution >= 4 is 21.6 Å². The lowest BCUT2D eigenvalue weighted by Gasteiger charge is -2.07. The van der Waals surface area contributed by atoms with Gasteiger partial charge < -0.3 is 4.52 Å². The second kappa shape index (κ2) is 9.28. The quantitative estimate of drug-likeness (QED) is 0.395. The Balaban J connectivity index is 1.68. The van der Waals surface area contributed by atoms with Gasteiger partial charge in [0.2, 0.25) is 10.0 Å². The number of hydrogen-bond acceptors (Lipinski definition) is 8. The first-order valence-corrected chi connectivity index (χ1v) is 11.6. The van der Waals surface area contributed by atoms with Gasteiger partial charge in [-0.2, -0.15) is 5.10 Å². The van der Waals surface area contributed by atoms with Crippen molar-refractivity contribution in [3.8, 4) is 22.9 Å². The summed E-state index contributed by atoms with van der Waals surface area (Å²) in [6.45, 7) is 1.70. The number of hydrogen-bond donors (Lipinski definition) is 1. The van der Waals surface area contributed by atoms with E-state index in [4.69, 9.17) is 4.52 Å². The smallest absolute Gasteiger partial charge is 0.241 e. The minimum absolute atomic E-state index is 0.00413. The molecule has 0 spiro atoms. The molecule has 0 atom stereocenters. The van der Waals surface area contributed by atoms with E-state index in [1.807, 2.05) is 0 Å². The fourth-order valence-electron chi connectivity index (χ4n) is 3.03. The van der Waals surface area contributed by atoms with Crippen LogP contribution in [0.15, 0.2) is 59.4 Å². The van der Waals surface area contributed by atoms with E-state index in [-0.39, 0.29) is 30.4 Å². The molecule has 0 fully saturated rings. The number of anilines is 1. The zero-order chi connectivity index (χ0) is 23.4. The predicted octanol–water partition coefficient (Wildman–Crippen LogP) is 2.90. The van der Waals surface area contributed by atoms with Gasteiger partial charge >= 0.3 is 0 Å². The van der Waals surface area contributed by atoms with Gasteiger partial charge in [-0.3, -0.25) is 14.2 Å². The Hall–Kier alpha value is -3.93. The molecule has 10 nitrogen and oxygen atoms in total. The van der Waals surface area contributed by atoms with E-state index in [2.05, 4.69) is 24.9 Å². The molecule has 0 saturated heterocycles. The molecule has 0 unspecified atom stereocenters. The third kappa shape index (κ3) is 5.29. The highest BCUT2D eigenvalue weighted by Crippen LogP contribution is 2.25. The molecular formula is C21H19FN6O4S. The molecule has 4 rings (SSSR count). The third-order valence-corrected chi connectivity index (χ3v) is 5.87. The lowest BCUT2D eigenvalue weighted by molar-refractivity contribution is -0.116. The number of nitrogens with zero attached hydrogens (tertiary/aromatic N) is 5. The number of carbonyl (C=O) groups excluding carboxylic acids is 1. The fourth-order valence-corrected chi connectivity index (χ4v) is 4.17.